The number of hydrogen-bond acceptors (Lipinski definition) is 2. The smallest absolute Gasteiger partial charge is 0.253 e. The molecule has 1 aliphatic heterocycles. The molecule has 0 aromatic carbocycles. The number of alkyl halides is 2. The van der Waals surface area contributed by atoms with Gasteiger partial charge in [-0.1, -0.05) is 0 Å². The Balaban J connectivity index is 2.58. The number of hydrogen-bond donors (Lipinski definition) is 1. The van der Waals surface area contributed by atoms with Crippen LogP contribution in [0.1, 0.15) is 26.7 Å². The van der Waals surface area contributed by atoms with Gasteiger partial charge in [-0.3, -0.25) is 0 Å². The van der Waals surface area contributed by atoms with Gasteiger partial charge in [-0.2, -0.15) is 0 Å². The lowest BCUT2D eigenvalue weighted by Gasteiger charge is -2.40. The molecule has 2 nitrogen and oxygen atoms in total. The molecule has 1 atom stereocenters. The molecular formula is C10H19F2NO. The highest BCUT2D eigenvalue weighted by Gasteiger charge is 2.43. The molecule has 1 N–H and O–H groups in total. The van der Waals surface area contributed by atoms with Crippen LogP contribution < -0.4 is 0 Å². The lowest BCUT2D eigenvalue weighted by atomic mass is 9.90. The van der Waals surface area contributed by atoms with Gasteiger partial charge in [-0.05, 0) is 20.3 Å². The van der Waals surface area contributed by atoms with Crippen molar-refractivity contribution in [2.24, 2.45) is 5.92 Å². The zero-order valence-corrected chi connectivity index (χ0v) is 8.84. The SMILES string of the molecule is CC(C)N1CCC(F)(F)C(CCO)C1. The standard InChI is InChI=1S/C10H19F2NO/c1-8(2)13-5-4-10(11,12)9(7-13)3-6-14/h8-9,14H,3-7H2,1-2H3. The van der Waals surface area contributed by atoms with Crippen LogP contribution in [0.3, 0.4) is 0 Å². The van der Waals surface area contributed by atoms with Crippen LogP contribution in [0.5, 0.6) is 0 Å². The van der Waals surface area contributed by atoms with Gasteiger partial charge in [0.1, 0.15) is 0 Å². The Morgan fingerprint density at radius 3 is 2.64 bits per heavy atom. The Kier molecular flexibility index (Phi) is 3.84. The molecule has 0 bridgehead atoms. The summed E-state index contributed by atoms with van der Waals surface area (Å²) in [5.41, 5.74) is 0. The van der Waals surface area contributed by atoms with E-state index in [1.54, 1.807) is 0 Å². The van der Waals surface area contributed by atoms with E-state index < -0.39 is 11.8 Å². The van der Waals surface area contributed by atoms with Crippen LogP contribution in [0.15, 0.2) is 0 Å². The number of rotatable bonds is 3. The van der Waals surface area contributed by atoms with Crippen molar-refractivity contribution in [2.75, 3.05) is 19.7 Å². The molecule has 0 radical (unpaired) electrons. The monoisotopic (exact) mass is 207 g/mol. The van der Waals surface area contributed by atoms with Crippen molar-refractivity contribution in [3.05, 3.63) is 0 Å². The molecule has 1 unspecified atom stereocenters. The second-order valence-corrected chi connectivity index (χ2v) is 4.31. The summed E-state index contributed by atoms with van der Waals surface area (Å²) in [7, 11) is 0. The molecule has 0 aromatic heterocycles. The first-order valence-corrected chi connectivity index (χ1v) is 5.20. The van der Waals surface area contributed by atoms with Gasteiger partial charge in [-0.25, -0.2) is 8.78 Å². The van der Waals surface area contributed by atoms with Gasteiger partial charge in [0.05, 0.1) is 0 Å². The molecular weight excluding hydrogens is 188 g/mol. The quantitative estimate of drug-likeness (QED) is 0.762. The molecule has 0 amide bonds. The number of nitrogens with zero attached hydrogens (tertiary/aromatic N) is 1. The van der Waals surface area contributed by atoms with Crippen LogP contribution in [0.25, 0.3) is 0 Å². The Bertz CT molecular complexity index is 185. The molecule has 14 heavy (non-hydrogen) atoms. The van der Waals surface area contributed by atoms with E-state index in [1.807, 2.05) is 13.8 Å². The van der Waals surface area contributed by atoms with E-state index in [4.69, 9.17) is 5.11 Å². The fourth-order valence-corrected chi connectivity index (χ4v) is 1.93. The highest BCUT2D eigenvalue weighted by molar-refractivity contribution is 4.87. The summed E-state index contributed by atoms with van der Waals surface area (Å²) < 4.78 is 26.7. The van der Waals surface area contributed by atoms with E-state index in [0.29, 0.717) is 19.1 Å². The predicted molar refractivity (Wildman–Crippen MR) is 51.5 cm³/mol. The summed E-state index contributed by atoms with van der Waals surface area (Å²) in [6, 6.07) is 0.312. The van der Waals surface area contributed by atoms with E-state index in [0.717, 1.165) is 0 Å². The topological polar surface area (TPSA) is 23.5 Å². The maximum atomic E-state index is 13.4. The van der Waals surface area contributed by atoms with Crippen molar-refractivity contribution in [2.45, 2.75) is 38.7 Å². The summed E-state index contributed by atoms with van der Waals surface area (Å²) in [5, 5.41) is 8.72. The molecule has 1 aliphatic rings. The average Bonchev–Trinajstić information content (AvgIpc) is 2.08. The lowest BCUT2D eigenvalue weighted by Crippen LogP contribution is -2.49. The second kappa shape index (κ2) is 4.53. The van der Waals surface area contributed by atoms with Crippen molar-refractivity contribution in [3.8, 4) is 0 Å². The number of aliphatic hydroxyl groups is 1. The second-order valence-electron chi connectivity index (χ2n) is 4.31. The summed E-state index contributed by atoms with van der Waals surface area (Å²) in [6.07, 6.45) is 0.131. The molecule has 1 rings (SSSR count). The van der Waals surface area contributed by atoms with Gasteiger partial charge in [0, 0.05) is 38.1 Å². The van der Waals surface area contributed by atoms with E-state index in [9.17, 15) is 8.78 Å². The van der Waals surface area contributed by atoms with E-state index in [-0.39, 0.29) is 19.4 Å². The van der Waals surface area contributed by atoms with Crippen molar-refractivity contribution in [3.63, 3.8) is 0 Å². The molecule has 1 heterocycles. The molecule has 84 valence electrons. The van der Waals surface area contributed by atoms with E-state index >= 15 is 0 Å². The normalized spacial score (nSPS) is 28.3. The first-order chi connectivity index (χ1) is 6.47. The number of halogens is 2. The van der Waals surface area contributed by atoms with Gasteiger partial charge < -0.3 is 10.0 Å². The molecule has 4 heteroatoms. The minimum absolute atomic E-state index is 0.0736. The summed E-state index contributed by atoms with van der Waals surface area (Å²) in [6.45, 7) is 4.75. The minimum Gasteiger partial charge on any atom is -0.396 e. The maximum Gasteiger partial charge on any atom is 0.253 e. The maximum absolute atomic E-state index is 13.4. The molecule has 0 aromatic rings. The molecule has 1 fully saturated rings. The Hall–Kier alpha value is -0.220. The van der Waals surface area contributed by atoms with Crippen LogP contribution in [0.2, 0.25) is 0 Å². The molecule has 0 spiro atoms. The molecule has 1 saturated heterocycles. The summed E-state index contributed by atoms with van der Waals surface area (Å²) >= 11 is 0. The Morgan fingerprint density at radius 1 is 1.50 bits per heavy atom. The lowest BCUT2D eigenvalue weighted by molar-refractivity contribution is -0.116. The molecule has 0 saturated carbocycles. The zero-order valence-electron chi connectivity index (χ0n) is 8.84. The van der Waals surface area contributed by atoms with Crippen LogP contribution in [0, 0.1) is 5.92 Å². The van der Waals surface area contributed by atoms with Crippen molar-refractivity contribution >= 4 is 0 Å². The minimum atomic E-state index is -2.59. The molecule has 0 aliphatic carbocycles. The Labute approximate surface area is 83.9 Å². The average molecular weight is 207 g/mol. The third kappa shape index (κ3) is 2.64. The first-order valence-electron chi connectivity index (χ1n) is 5.20. The van der Waals surface area contributed by atoms with Gasteiger partial charge in [-0.15, -0.1) is 0 Å². The number of aliphatic hydroxyl groups excluding tert-OH is 1. The first kappa shape index (κ1) is 11.9. The van der Waals surface area contributed by atoms with Gasteiger partial charge >= 0.3 is 0 Å². The summed E-state index contributed by atoms with van der Waals surface area (Å²) in [5.74, 6) is -3.27. The predicted octanol–water partition coefficient (Wildman–Crippen LogP) is 1.73. The van der Waals surface area contributed by atoms with Gasteiger partial charge in [0.25, 0.3) is 5.92 Å². The number of piperidine rings is 1. The zero-order chi connectivity index (χ0) is 10.8. The number of likely N-dealkylation sites (tertiary alicyclic amines) is 1. The fraction of sp³-hybridized carbons (Fsp3) is 1.00. The Morgan fingerprint density at radius 2 is 2.14 bits per heavy atom. The van der Waals surface area contributed by atoms with E-state index in [2.05, 4.69) is 4.90 Å². The third-order valence-electron chi connectivity index (χ3n) is 2.99. The largest absolute Gasteiger partial charge is 0.396 e. The van der Waals surface area contributed by atoms with Gasteiger partial charge in [0.15, 0.2) is 0 Å². The third-order valence-corrected chi connectivity index (χ3v) is 2.99. The highest BCUT2D eigenvalue weighted by Crippen LogP contribution is 2.35. The van der Waals surface area contributed by atoms with Crippen molar-refractivity contribution < 1.29 is 13.9 Å². The summed E-state index contributed by atoms with van der Waals surface area (Å²) in [4.78, 5) is 2.05. The van der Waals surface area contributed by atoms with Crippen molar-refractivity contribution in [1.29, 1.82) is 0 Å². The van der Waals surface area contributed by atoms with Crippen LogP contribution in [-0.2, 0) is 0 Å². The van der Waals surface area contributed by atoms with Crippen LogP contribution in [0.4, 0.5) is 8.78 Å². The van der Waals surface area contributed by atoms with Crippen LogP contribution >= 0.6 is 0 Å². The highest BCUT2D eigenvalue weighted by atomic mass is 19.3. The fourth-order valence-electron chi connectivity index (χ4n) is 1.93. The van der Waals surface area contributed by atoms with E-state index in [1.165, 1.54) is 0 Å². The van der Waals surface area contributed by atoms with Crippen molar-refractivity contribution in [1.82, 2.24) is 4.90 Å². The van der Waals surface area contributed by atoms with Crippen LogP contribution in [-0.4, -0.2) is 41.7 Å². The van der Waals surface area contributed by atoms with Gasteiger partial charge in [0.2, 0.25) is 0 Å².